The smallest absolute Gasteiger partial charge is 0.160 e. The Kier molecular flexibility index (Phi) is 4.03. The highest BCUT2D eigenvalue weighted by atomic mass is 16.5. The van der Waals surface area contributed by atoms with Crippen molar-refractivity contribution in [2.75, 3.05) is 20.2 Å². The first-order chi connectivity index (χ1) is 9.71. The Labute approximate surface area is 121 Å². The molecule has 2 atom stereocenters. The average molecular weight is 275 g/mol. The van der Waals surface area contributed by atoms with E-state index in [1.807, 2.05) is 13.2 Å². The molecule has 1 fully saturated rings. The number of aryl methyl sites for hydroxylation is 1. The van der Waals surface area contributed by atoms with Gasteiger partial charge in [0.15, 0.2) is 5.82 Å². The van der Waals surface area contributed by atoms with Gasteiger partial charge in [-0.25, -0.2) is 9.97 Å². The first-order valence-electron chi connectivity index (χ1n) is 7.85. The first-order valence-corrected chi connectivity index (χ1v) is 7.85. The Hall–Kier alpha value is -1.00. The van der Waals surface area contributed by atoms with E-state index >= 15 is 0 Å². The molecule has 110 valence electrons. The predicted molar refractivity (Wildman–Crippen MR) is 78.6 cm³/mol. The van der Waals surface area contributed by atoms with Gasteiger partial charge in [-0.15, -0.1) is 0 Å². The van der Waals surface area contributed by atoms with Crippen LogP contribution in [0.2, 0.25) is 0 Å². The molecule has 0 radical (unpaired) electrons. The van der Waals surface area contributed by atoms with Gasteiger partial charge in [-0.2, -0.15) is 0 Å². The molecule has 4 nitrogen and oxygen atoms in total. The number of aromatic nitrogens is 2. The highest BCUT2D eigenvalue weighted by Crippen LogP contribution is 2.33. The fourth-order valence-electron chi connectivity index (χ4n) is 3.41. The zero-order valence-electron chi connectivity index (χ0n) is 12.6. The van der Waals surface area contributed by atoms with Crippen molar-refractivity contribution in [3.05, 3.63) is 23.3 Å². The normalized spacial score (nSPS) is 30.0. The number of hydrogen-bond acceptors (Lipinski definition) is 4. The Morgan fingerprint density at radius 1 is 1.45 bits per heavy atom. The van der Waals surface area contributed by atoms with Crippen LogP contribution in [-0.2, 0) is 23.2 Å². The van der Waals surface area contributed by atoms with Gasteiger partial charge in [0.1, 0.15) is 5.60 Å². The number of nitrogens with zero attached hydrogens (tertiary/aromatic N) is 2. The molecule has 2 unspecified atom stereocenters. The molecule has 2 aliphatic rings. The lowest BCUT2D eigenvalue weighted by Gasteiger charge is -2.33. The number of fused-ring (bicyclic) bond motifs is 1. The van der Waals surface area contributed by atoms with E-state index in [2.05, 4.69) is 17.2 Å². The third kappa shape index (κ3) is 2.72. The summed E-state index contributed by atoms with van der Waals surface area (Å²) in [4.78, 5) is 9.47. The number of nitrogens with one attached hydrogen (secondary N) is 1. The Morgan fingerprint density at radius 3 is 3.10 bits per heavy atom. The summed E-state index contributed by atoms with van der Waals surface area (Å²) in [5, 5.41) is 3.28. The van der Waals surface area contributed by atoms with Crippen molar-refractivity contribution in [3.63, 3.8) is 0 Å². The van der Waals surface area contributed by atoms with Crippen LogP contribution in [0, 0.1) is 5.92 Å². The van der Waals surface area contributed by atoms with Crippen molar-refractivity contribution in [1.29, 1.82) is 0 Å². The number of hydrogen-bond donors (Lipinski definition) is 1. The van der Waals surface area contributed by atoms with Crippen molar-refractivity contribution in [3.8, 4) is 0 Å². The van der Waals surface area contributed by atoms with Gasteiger partial charge in [-0.3, -0.25) is 0 Å². The van der Waals surface area contributed by atoms with Crippen LogP contribution in [0.25, 0.3) is 0 Å². The molecule has 3 rings (SSSR count). The molecule has 0 aromatic carbocycles. The summed E-state index contributed by atoms with van der Waals surface area (Å²) in [5.41, 5.74) is 2.31. The summed E-state index contributed by atoms with van der Waals surface area (Å²) in [6.45, 7) is 4.06. The maximum absolute atomic E-state index is 5.97. The van der Waals surface area contributed by atoms with Crippen molar-refractivity contribution >= 4 is 0 Å². The van der Waals surface area contributed by atoms with Crippen LogP contribution in [0.4, 0.5) is 0 Å². The van der Waals surface area contributed by atoms with Crippen molar-refractivity contribution in [2.45, 2.75) is 51.0 Å². The van der Waals surface area contributed by atoms with E-state index in [1.54, 1.807) is 0 Å². The Balaban J connectivity index is 1.80. The second-order valence-corrected chi connectivity index (χ2v) is 6.37. The highest BCUT2D eigenvalue weighted by Gasteiger charge is 2.34. The Morgan fingerprint density at radius 2 is 2.35 bits per heavy atom. The van der Waals surface area contributed by atoms with Crippen LogP contribution in [0.5, 0.6) is 0 Å². The van der Waals surface area contributed by atoms with Crippen LogP contribution < -0.4 is 5.32 Å². The van der Waals surface area contributed by atoms with Gasteiger partial charge in [0, 0.05) is 18.5 Å². The van der Waals surface area contributed by atoms with Crippen LogP contribution in [-0.4, -0.2) is 30.2 Å². The zero-order chi connectivity index (χ0) is 14.0. The number of ether oxygens (including phenoxy) is 1. The molecule has 1 aromatic heterocycles. The van der Waals surface area contributed by atoms with E-state index in [9.17, 15) is 0 Å². The Bertz CT molecular complexity index is 469. The molecule has 1 N–H and O–H groups in total. The van der Waals surface area contributed by atoms with Crippen LogP contribution in [0.1, 0.15) is 49.7 Å². The van der Waals surface area contributed by atoms with E-state index in [4.69, 9.17) is 9.72 Å². The second-order valence-electron chi connectivity index (χ2n) is 6.37. The van der Waals surface area contributed by atoms with E-state index < -0.39 is 0 Å². The van der Waals surface area contributed by atoms with Gasteiger partial charge < -0.3 is 10.1 Å². The van der Waals surface area contributed by atoms with Gasteiger partial charge in [0.25, 0.3) is 0 Å². The minimum absolute atomic E-state index is 0.269. The summed E-state index contributed by atoms with van der Waals surface area (Å²) in [6.07, 6.45) is 8.85. The standard InChI is InChI=1S/C16H25N3O/c1-16(7-3-4-8-20-16)15-18-11-13-9-12(10-17-2)5-6-14(13)19-15/h11-12,17H,3-10H2,1-2H3. The van der Waals surface area contributed by atoms with Crippen molar-refractivity contribution in [2.24, 2.45) is 5.92 Å². The highest BCUT2D eigenvalue weighted by molar-refractivity contribution is 5.23. The number of rotatable bonds is 3. The summed E-state index contributed by atoms with van der Waals surface area (Å²) in [6, 6.07) is 0. The largest absolute Gasteiger partial charge is 0.367 e. The summed E-state index contributed by atoms with van der Waals surface area (Å²) >= 11 is 0. The van der Waals surface area contributed by atoms with Gasteiger partial charge in [-0.05, 0) is 70.5 Å². The zero-order valence-corrected chi connectivity index (χ0v) is 12.6. The molecular formula is C16H25N3O. The molecule has 0 saturated carbocycles. The SMILES string of the molecule is CNCC1CCc2nc(C3(C)CCCCO3)ncc2C1. The van der Waals surface area contributed by atoms with Crippen LogP contribution in [0.3, 0.4) is 0 Å². The first kappa shape index (κ1) is 14.0. The quantitative estimate of drug-likeness (QED) is 0.919. The molecule has 4 heteroatoms. The lowest BCUT2D eigenvalue weighted by atomic mass is 9.86. The van der Waals surface area contributed by atoms with E-state index in [0.717, 1.165) is 50.6 Å². The van der Waals surface area contributed by atoms with E-state index in [1.165, 1.54) is 24.1 Å². The molecule has 0 amide bonds. The van der Waals surface area contributed by atoms with Gasteiger partial charge in [0.2, 0.25) is 0 Å². The molecule has 1 aliphatic heterocycles. The fraction of sp³-hybridized carbons (Fsp3) is 0.750. The van der Waals surface area contributed by atoms with Crippen LogP contribution in [0.15, 0.2) is 6.20 Å². The van der Waals surface area contributed by atoms with Gasteiger partial charge in [-0.1, -0.05) is 0 Å². The maximum Gasteiger partial charge on any atom is 0.160 e. The van der Waals surface area contributed by atoms with Crippen molar-refractivity contribution < 1.29 is 4.74 Å². The lowest BCUT2D eigenvalue weighted by Crippen LogP contribution is -2.33. The molecular weight excluding hydrogens is 250 g/mol. The third-order valence-corrected chi connectivity index (χ3v) is 4.69. The summed E-state index contributed by atoms with van der Waals surface area (Å²) in [5.74, 6) is 1.62. The molecule has 20 heavy (non-hydrogen) atoms. The topological polar surface area (TPSA) is 47.0 Å². The van der Waals surface area contributed by atoms with Gasteiger partial charge >= 0.3 is 0 Å². The maximum atomic E-state index is 5.97. The van der Waals surface area contributed by atoms with E-state index in [0.29, 0.717) is 0 Å². The van der Waals surface area contributed by atoms with Gasteiger partial charge in [0.05, 0.1) is 0 Å². The molecule has 2 heterocycles. The second kappa shape index (κ2) is 5.78. The molecule has 1 aromatic rings. The molecule has 1 aliphatic carbocycles. The van der Waals surface area contributed by atoms with Crippen LogP contribution >= 0.6 is 0 Å². The molecule has 1 saturated heterocycles. The fourth-order valence-corrected chi connectivity index (χ4v) is 3.41. The minimum Gasteiger partial charge on any atom is -0.367 e. The van der Waals surface area contributed by atoms with Crippen molar-refractivity contribution in [1.82, 2.24) is 15.3 Å². The monoisotopic (exact) mass is 275 g/mol. The molecule has 0 bridgehead atoms. The minimum atomic E-state index is -0.269. The van der Waals surface area contributed by atoms with E-state index in [-0.39, 0.29) is 5.60 Å². The molecule has 0 spiro atoms. The summed E-state index contributed by atoms with van der Waals surface area (Å²) in [7, 11) is 2.02. The summed E-state index contributed by atoms with van der Waals surface area (Å²) < 4.78 is 5.97. The third-order valence-electron chi connectivity index (χ3n) is 4.69. The average Bonchev–Trinajstić information content (AvgIpc) is 2.48. The predicted octanol–water partition coefficient (Wildman–Crippen LogP) is 2.22. The lowest BCUT2D eigenvalue weighted by molar-refractivity contribution is -0.0762.